The van der Waals surface area contributed by atoms with Gasteiger partial charge in [0, 0.05) is 35.5 Å². The minimum absolute atomic E-state index is 0.119. The highest BCUT2D eigenvalue weighted by molar-refractivity contribution is 5.93. The molecule has 8 nitrogen and oxygen atoms in total. The summed E-state index contributed by atoms with van der Waals surface area (Å²) in [5, 5.41) is 9.21. The fourth-order valence-corrected chi connectivity index (χ4v) is 3.32. The zero-order valence-electron chi connectivity index (χ0n) is 16.6. The number of pyridine rings is 1. The molecule has 0 atom stereocenters. The summed E-state index contributed by atoms with van der Waals surface area (Å²) in [7, 11) is 4.64. The number of aromatic nitrogens is 1. The number of methoxy groups -OCH3 is 3. The maximum atomic E-state index is 11.3. The number of ether oxygens (including phenoxy) is 3. The molecule has 2 aromatic heterocycles. The third-order valence-electron chi connectivity index (χ3n) is 4.74. The van der Waals surface area contributed by atoms with Crippen LogP contribution in [0.3, 0.4) is 0 Å². The van der Waals surface area contributed by atoms with Crippen LogP contribution in [0.15, 0.2) is 59.1 Å². The molecule has 2 aromatic carbocycles. The van der Waals surface area contributed by atoms with Crippen molar-refractivity contribution in [3.8, 4) is 39.7 Å². The summed E-state index contributed by atoms with van der Waals surface area (Å²) in [6.07, 6.45) is 1.66. The maximum Gasteiger partial charge on any atom is 0.317 e. The average Bonchev–Trinajstić information content (AvgIpc) is 3.22. The summed E-state index contributed by atoms with van der Waals surface area (Å²) in [6.45, 7) is 0. The van der Waals surface area contributed by atoms with Crippen molar-refractivity contribution in [2.24, 2.45) is 0 Å². The van der Waals surface area contributed by atoms with Crippen molar-refractivity contribution in [2.45, 2.75) is 0 Å². The van der Waals surface area contributed by atoms with E-state index in [-0.39, 0.29) is 10.6 Å². The minimum Gasteiger partial charge on any atom is -0.493 e. The second-order valence-electron chi connectivity index (χ2n) is 6.42. The predicted molar refractivity (Wildman–Crippen MR) is 110 cm³/mol. The van der Waals surface area contributed by atoms with E-state index < -0.39 is 0 Å². The first-order chi connectivity index (χ1) is 14.5. The Balaban J connectivity index is 1.87. The molecule has 8 heteroatoms. The lowest BCUT2D eigenvalue weighted by atomic mass is 10.1. The topological polar surface area (TPSA) is 94.0 Å². The van der Waals surface area contributed by atoms with Crippen LogP contribution < -0.4 is 14.2 Å². The van der Waals surface area contributed by atoms with Gasteiger partial charge >= 0.3 is 5.69 Å². The van der Waals surface area contributed by atoms with Gasteiger partial charge in [0.15, 0.2) is 17.1 Å². The summed E-state index contributed by atoms with van der Waals surface area (Å²) < 4.78 is 22.4. The van der Waals surface area contributed by atoms with Crippen LogP contribution in [0.25, 0.3) is 33.6 Å². The van der Waals surface area contributed by atoms with Gasteiger partial charge in [-0.2, -0.15) is 0 Å². The van der Waals surface area contributed by atoms with Gasteiger partial charge in [-0.3, -0.25) is 4.98 Å². The van der Waals surface area contributed by atoms with Crippen molar-refractivity contribution < 1.29 is 28.8 Å². The molecule has 1 N–H and O–H groups in total. The van der Waals surface area contributed by atoms with E-state index in [0.29, 0.717) is 39.7 Å². The van der Waals surface area contributed by atoms with Crippen molar-refractivity contribution in [1.29, 1.82) is 0 Å². The molecule has 152 valence electrons. The molecule has 0 amide bonds. The summed E-state index contributed by atoms with van der Waals surface area (Å²) >= 11 is 0. The fourth-order valence-electron chi connectivity index (χ4n) is 3.32. The zero-order chi connectivity index (χ0) is 21.3. The number of hydrogen-bond acceptors (Lipinski definition) is 6. The molecule has 30 heavy (non-hydrogen) atoms. The third kappa shape index (κ3) is 3.28. The predicted octanol–water partition coefficient (Wildman–Crippen LogP) is 4.99. The molecule has 0 bridgehead atoms. The molecule has 0 unspecified atom stereocenters. The van der Waals surface area contributed by atoms with Gasteiger partial charge in [-0.15, -0.1) is 0 Å². The number of rotatable bonds is 6. The molecule has 0 saturated heterocycles. The molecular weight excluding hydrogens is 388 g/mol. The quantitative estimate of drug-likeness (QED) is 0.450. The number of hydrogen-bond donors (Lipinski definition) is 1. The highest BCUT2D eigenvalue weighted by atomic mass is 16.6. The van der Waals surface area contributed by atoms with Crippen LogP contribution in [0.4, 0.5) is 5.69 Å². The lowest BCUT2D eigenvalue weighted by molar-refractivity contribution is -0.729. The largest absolute Gasteiger partial charge is 0.493 e. The number of benzene rings is 2. The third-order valence-corrected chi connectivity index (χ3v) is 4.74. The Labute approximate surface area is 171 Å². The minimum atomic E-state index is -0.175. The van der Waals surface area contributed by atoms with Crippen LogP contribution in [0.1, 0.15) is 0 Å². The van der Waals surface area contributed by atoms with Crippen LogP contribution in [-0.2, 0) is 0 Å². The van der Waals surface area contributed by atoms with E-state index in [1.165, 1.54) is 6.07 Å². The van der Waals surface area contributed by atoms with Crippen LogP contribution in [0.5, 0.6) is 17.2 Å². The SMILES string of the molecule is COc1cc(-c2cc3nccc(-c4cccc([N+](=O)O)c4)c3o2)cc(OC)c1OC. The van der Waals surface area contributed by atoms with Crippen molar-refractivity contribution in [3.63, 3.8) is 0 Å². The molecule has 4 aromatic rings. The van der Waals surface area contributed by atoms with Crippen LogP contribution in [0.2, 0.25) is 0 Å². The Morgan fingerprint density at radius 3 is 2.30 bits per heavy atom. The van der Waals surface area contributed by atoms with E-state index >= 15 is 0 Å². The number of nitrogens with zero attached hydrogens (tertiary/aromatic N) is 2. The molecule has 0 aliphatic heterocycles. The van der Waals surface area contributed by atoms with E-state index in [4.69, 9.17) is 18.6 Å². The first-order valence-corrected chi connectivity index (χ1v) is 9.01. The molecule has 0 radical (unpaired) electrons. The fraction of sp³-hybridized carbons (Fsp3) is 0.136. The summed E-state index contributed by atoms with van der Waals surface area (Å²) in [6, 6.07) is 13.8. The molecule has 0 saturated carbocycles. The lowest BCUT2D eigenvalue weighted by Gasteiger charge is -2.13. The molecule has 0 spiro atoms. The second-order valence-corrected chi connectivity index (χ2v) is 6.42. The van der Waals surface area contributed by atoms with Gasteiger partial charge in [0.25, 0.3) is 4.92 Å². The Hall–Kier alpha value is -4.07. The van der Waals surface area contributed by atoms with E-state index in [1.807, 2.05) is 12.1 Å². The molecular formula is C22H19N2O6+. The summed E-state index contributed by atoms with van der Waals surface area (Å²) in [4.78, 5) is 15.5. The van der Waals surface area contributed by atoms with Gasteiger partial charge in [-0.25, -0.2) is 5.21 Å². The first-order valence-electron chi connectivity index (χ1n) is 9.01. The van der Waals surface area contributed by atoms with E-state index in [9.17, 15) is 10.1 Å². The summed E-state index contributed by atoms with van der Waals surface area (Å²) in [5.41, 5.74) is 3.48. The Bertz CT molecular complexity index is 1220. The monoisotopic (exact) mass is 407 g/mol. The van der Waals surface area contributed by atoms with Gasteiger partial charge in [0.2, 0.25) is 5.75 Å². The Morgan fingerprint density at radius 2 is 1.67 bits per heavy atom. The van der Waals surface area contributed by atoms with Crippen molar-refractivity contribution in [2.75, 3.05) is 21.3 Å². The Kier molecular flexibility index (Phi) is 4.97. The van der Waals surface area contributed by atoms with E-state index in [1.54, 1.807) is 57.9 Å². The molecule has 0 aliphatic rings. The Morgan fingerprint density at radius 1 is 0.933 bits per heavy atom. The number of fused-ring (bicyclic) bond motifs is 1. The molecule has 0 fully saturated rings. The van der Waals surface area contributed by atoms with Crippen LogP contribution >= 0.6 is 0 Å². The van der Waals surface area contributed by atoms with Crippen molar-refractivity contribution in [3.05, 3.63) is 59.6 Å². The summed E-state index contributed by atoms with van der Waals surface area (Å²) in [5.74, 6) is 2.06. The van der Waals surface area contributed by atoms with Crippen LogP contribution in [0, 0.1) is 4.91 Å². The number of furan rings is 1. The van der Waals surface area contributed by atoms with Gasteiger partial charge in [-0.05, 0) is 23.8 Å². The maximum absolute atomic E-state index is 11.3. The van der Waals surface area contributed by atoms with Crippen molar-refractivity contribution in [1.82, 2.24) is 4.98 Å². The second kappa shape index (κ2) is 7.75. The zero-order valence-corrected chi connectivity index (χ0v) is 16.6. The van der Waals surface area contributed by atoms with Gasteiger partial charge < -0.3 is 18.6 Å². The molecule has 4 rings (SSSR count). The van der Waals surface area contributed by atoms with E-state index in [2.05, 4.69) is 4.98 Å². The van der Waals surface area contributed by atoms with Crippen LogP contribution in [-0.4, -0.2) is 36.4 Å². The molecule has 2 heterocycles. The van der Waals surface area contributed by atoms with Gasteiger partial charge in [-0.1, -0.05) is 12.1 Å². The highest BCUT2D eigenvalue weighted by Crippen LogP contribution is 2.42. The molecule has 0 aliphatic carbocycles. The average molecular weight is 407 g/mol. The first kappa shape index (κ1) is 19.3. The van der Waals surface area contributed by atoms with Crippen molar-refractivity contribution >= 4 is 16.8 Å². The standard InChI is InChI=1S/C22H19N2O6/c1-27-19-10-14(11-20(28-2)22(19)29-3)18-12-17-21(30-18)16(7-8-23-17)13-5-4-6-15(9-13)24(25)26/h4-12H,1-3H3,(H,25,26)/q+1. The smallest absolute Gasteiger partial charge is 0.317 e. The lowest BCUT2D eigenvalue weighted by Crippen LogP contribution is -1.95. The van der Waals surface area contributed by atoms with Gasteiger partial charge in [0.1, 0.15) is 11.3 Å². The highest BCUT2D eigenvalue weighted by Gasteiger charge is 2.19. The normalized spacial score (nSPS) is 10.8. The van der Waals surface area contributed by atoms with Gasteiger partial charge in [0.05, 0.1) is 26.2 Å². The van der Waals surface area contributed by atoms with E-state index in [0.717, 1.165) is 11.1 Å².